The van der Waals surface area contributed by atoms with E-state index in [1.54, 1.807) is 9.58 Å². The van der Waals surface area contributed by atoms with E-state index in [4.69, 9.17) is 0 Å². The predicted octanol–water partition coefficient (Wildman–Crippen LogP) is 2.21. The molecule has 2 N–H and O–H groups in total. The van der Waals surface area contributed by atoms with Crippen LogP contribution in [-0.2, 0) is 20.9 Å². The zero-order valence-corrected chi connectivity index (χ0v) is 17.9. The molecule has 1 fully saturated rings. The molecule has 0 aliphatic carbocycles. The molecule has 1 saturated heterocycles. The Balaban J connectivity index is 1.59. The van der Waals surface area contributed by atoms with Gasteiger partial charge in [0.15, 0.2) is 0 Å². The predicted molar refractivity (Wildman–Crippen MR) is 114 cm³/mol. The van der Waals surface area contributed by atoms with Gasteiger partial charge in [-0.1, -0.05) is 32.0 Å². The first-order valence-corrected chi connectivity index (χ1v) is 10.3. The van der Waals surface area contributed by atoms with Gasteiger partial charge in [-0.25, -0.2) is 0 Å². The van der Waals surface area contributed by atoms with Crippen molar-refractivity contribution in [2.24, 2.45) is 5.92 Å². The quantitative estimate of drug-likeness (QED) is 0.713. The number of carbonyl (C=O) groups excluding carboxylic acids is 3. The highest BCUT2D eigenvalue weighted by Gasteiger charge is 2.36. The average Bonchev–Trinajstić information content (AvgIpc) is 3.26. The number of para-hydroxylation sites is 1. The zero-order valence-electron chi connectivity index (χ0n) is 17.9. The summed E-state index contributed by atoms with van der Waals surface area (Å²) in [6, 6.07) is 9.70. The van der Waals surface area contributed by atoms with Crippen LogP contribution in [0.2, 0.25) is 0 Å². The molecule has 0 bridgehead atoms. The Labute approximate surface area is 176 Å². The smallest absolute Gasteiger partial charge is 0.260 e. The van der Waals surface area contributed by atoms with Crippen molar-refractivity contribution in [3.63, 3.8) is 0 Å². The highest BCUT2D eigenvalue weighted by Crippen LogP contribution is 2.33. The van der Waals surface area contributed by atoms with Gasteiger partial charge in [0, 0.05) is 24.3 Å². The van der Waals surface area contributed by atoms with Crippen molar-refractivity contribution in [3.05, 3.63) is 47.3 Å². The van der Waals surface area contributed by atoms with Crippen LogP contribution in [0, 0.1) is 19.8 Å². The van der Waals surface area contributed by atoms with Crippen LogP contribution in [0.15, 0.2) is 30.3 Å². The van der Waals surface area contributed by atoms with Gasteiger partial charge >= 0.3 is 0 Å². The van der Waals surface area contributed by atoms with Crippen LogP contribution in [0.3, 0.4) is 0 Å². The first-order valence-electron chi connectivity index (χ1n) is 10.3. The van der Waals surface area contributed by atoms with Crippen molar-refractivity contribution >= 4 is 23.4 Å². The number of carbonyl (C=O) groups is 3. The minimum absolute atomic E-state index is 0.0119. The lowest BCUT2D eigenvalue weighted by molar-refractivity contribution is -0.131. The Kier molecular flexibility index (Phi) is 6.54. The van der Waals surface area contributed by atoms with Crippen molar-refractivity contribution in [2.75, 3.05) is 11.4 Å². The summed E-state index contributed by atoms with van der Waals surface area (Å²) in [5.41, 5.74) is 8.54. The molecule has 1 aliphatic heterocycles. The van der Waals surface area contributed by atoms with E-state index < -0.39 is 5.92 Å². The van der Waals surface area contributed by atoms with Crippen molar-refractivity contribution in [1.82, 2.24) is 20.6 Å². The van der Waals surface area contributed by atoms with Gasteiger partial charge in [0.1, 0.15) is 6.54 Å². The monoisotopic (exact) mass is 411 g/mol. The van der Waals surface area contributed by atoms with Crippen molar-refractivity contribution < 1.29 is 14.4 Å². The third kappa shape index (κ3) is 4.69. The standard InChI is InChI=1S/C22H29N5O3/c1-5-14(2)18-8-6-7-9-19(18)26-12-17(11-21(26)29)22(30)24-23-20(28)13-27-16(4)10-15(3)25-27/h6-10,14,17H,5,11-13H2,1-4H3,(H,23,28)(H,24,30). The summed E-state index contributed by atoms with van der Waals surface area (Å²) in [6.07, 6.45) is 1.08. The van der Waals surface area contributed by atoms with Crippen LogP contribution < -0.4 is 15.8 Å². The number of amides is 3. The molecule has 2 heterocycles. The van der Waals surface area contributed by atoms with Crippen LogP contribution in [0.4, 0.5) is 5.69 Å². The van der Waals surface area contributed by atoms with Crippen molar-refractivity contribution in [3.8, 4) is 0 Å². The number of hydrogen-bond donors (Lipinski definition) is 2. The summed E-state index contributed by atoms with van der Waals surface area (Å²) in [6.45, 7) is 8.26. The number of anilines is 1. The molecule has 2 aromatic rings. The molecule has 3 amide bonds. The fourth-order valence-corrected chi connectivity index (χ4v) is 3.73. The molecule has 2 unspecified atom stereocenters. The van der Waals surface area contributed by atoms with E-state index in [0.717, 1.165) is 29.1 Å². The topological polar surface area (TPSA) is 96.3 Å². The minimum atomic E-state index is -0.517. The first-order chi connectivity index (χ1) is 14.3. The summed E-state index contributed by atoms with van der Waals surface area (Å²) >= 11 is 0. The van der Waals surface area contributed by atoms with Gasteiger partial charge in [-0.3, -0.25) is 29.9 Å². The summed E-state index contributed by atoms with van der Waals surface area (Å²) in [5.74, 6) is -1.03. The van der Waals surface area contributed by atoms with Crippen LogP contribution in [0.1, 0.15) is 49.6 Å². The number of nitrogens with one attached hydrogen (secondary N) is 2. The molecule has 1 aromatic heterocycles. The van der Waals surface area contributed by atoms with Gasteiger partial charge in [-0.05, 0) is 43.9 Å². The molecule has 1 aromatic carbocycles. The normalized spacial score (nSPS) is 17.1. The maximum absolute atomic E-state index is 12.6. The molecule has 3 rings (SSSR count). The number of rotatable bonds is 6. The average molecular weight is 412 g/mol. The van der Waals surface area contributed by atoms with Crippen LogP contribution >= 0.6 is 0 Å². The third-order valence-electron chi connectivity index (χ3n) is 5.59. The number of nitrogens with zero attached hydrogens (tertiary/aromatic N) is 3. The fourth-order valence-electron chi connectivity index (χ4n) is 3.73. The molecule has 160 valence electrons. The lowest BCUT2D eigenvalue weighted by Crippen LogP contribution is -2.46. The van der Waals surface area contributed by atoms with E-state index >= 15 is 0 Å². The molecular formula is C22H29N5O3. The maximum atomic E-state index is 12.6. The molecular weight excluding hydrogens is 382 g/mol. The van der Waals surface area contributed by atoms with E-state index in [1.165, 1.54) is 0 Å². The highest BCUT2D eigenvalue weighted by atomic mass is 16.2. The Hall–Kier alpha value is -3.16. The fraction of sp³-hybridized carbons (Fsp3) is 0.455. The van der Waals surface area contributed by atoms with Gasteiger partial charge in [-0.2, -0.15) is 5.10 Å². The van der Waals surface area contributed by atoms with Gasteiger partial charge in [0.2, 0.25) is 11.8 Å². The van der Waals surface area contributed by atoms with Crippen molar-refractivity contribution in [2.45, 2.75) is 53.0 Å². The second-order valence-electron chi connectivity index (χ2n) is 7.90. The highest BCUT2D eigenvalue weighted by molar-refractivity contribution is 6.01. The van der Waals surface area contributed by atoms with Crippen LogP contribution in [0.5, 0.6) is 0 Å². The van der Waals surface area contributed by atoms with Crippen LogP contribution in [-0.4, -0.2) is 34.0 Å². The number of hydrogen-bond acceptors (Lipinski definition) is 4. The minimum Gasteiger partial charge on any atom is -0.311 e. The summed E-state index contributed by atoms with van der Waals surface area (Å²) in [5, 5.41) is 4.23. The Bertz CT molecular complexity index is 952. The van der Waals surface area contributed by atoms with E-state index in [0.29, 0.717) is 12.5 Å². The second kappa shape index (κ2) is 9.11. The van der Waals surface area contributed by atoms with Gasteiger partial charge in [0.25, 0.3) is 5.91 Å². The van der Waals surface area contributed by atoms with E-state index in [-0.39, 0.29) is 30.7 Å². The lowest BCUT2D eigenvalue weighted by atomic mass is 9.96. The van der Waals surface area contributed by atoms with Gasteiger partial charge in [-0.15, -0.1) is 0 Å². The molecule has 0 spiro atoms. The Morgan fingerprint density at radius 3 is 2.63 bits per heavy atom. The first kappa shape index (κ1) is 21.5. The molecule has 1 aliphatic rings. The van der Waals surface area contributed by atoms with E-state index in [9.17, 15) is 14.4 Å². The molecule has 0 saturated carbocycles. The van der Waals surface area contributed by atoms with E-state index in [1.807, 2.05) is 44.2 Å². The molecule has 30 heavy (non-hydrogen) atoms. The largest absolute Gasteiger partial charge is 0.311 e. The number of aromatic nitrogens is 2. The third-order valence-corrected chi connectivity index (χ3v) is 5.59. The van der Waals surface area contributed by atoms with Gasteiger partial charge in [0.05, 0.1) is 11.6 Å². The number of aryl methyl sites for hydroxylation is 2. The number of hydrazine groups is 1. The summed E-state index contributed by atoms with van der Waals surface area (Å²) < 4.78 is 1.57. The lowest BCUT2D eigenvalue weighted by Gasteiger charge is -2.23. The summed E-state index contributed by atoms with van der Waals surface area (Å²) in [7, 11) is 0. The van der Waals surface area contributed by atoms with E-state index in [2.05, 4.69) is 29.8 Å². The zero-order chi connectivity index (χ0) is 21.8. The molecule has 2 atom stereocenters. The Morgan fingerprint density at radius 1 is 1.23 bits per heavy atom. The number of benzene rings is 1. The maximum Gasteiger partial charge on any atom is 0.260 e. The Morgan fingerprint density at radius 2 is 1.97 bits per heavy atom. The van der Waals surface area contributed by atoms with Gasteiger partial charge < -0.3 is 4.90 Å². The summed E-state index contributed by atoms with van der Waals surface area (Å²) in [4.78, 5) is 39.0. The molecule has 8 nitrogen and oxygen atoms in total. The van der Waals surface area contributed by atoms with Crippen molar-refractivity contribution in [1.29, 1.82) is 0 Å². The second-order valence-corrected chi connectivity index (χ2v) is 7.90. The molecule has 8 heteroatoms. The molecule has 0 radical (unpaired) electrons. The SMILES string of the molecule is CCC(C)c1ccccc1N1CC(C(=O)NNC(=O)Cn2nc(C)cc2C)CC1=O. The van der Waals surface area contributed by atoms with Crippen LogP contribution in [0.25, 0.3) is 0 Å².